The van der Waals surface area contributed by atoms with Gasteiger partial charge < -0.3 is 15.4 Å². The van der Waals surface area contributed by atoms with Crippen LogP contribution in [0.2, 0.25) is 0 Å². The first-order valence-corrected chi connectivity index (χ1v) is 11.6. The normalized spacial score (nSPS) is 37.8. The van der Waals surface area contributed by atoms with Crippen molar-refractivity contribution in [2.75, 3.05) is 13.2 Å². The highest BCUT2D eigenvalue weighted by Gasteiger charge is 2.51. The lowest BCUT2D eigenvalue weighted by molar-refractivity contribution is -0.149. The van der Waals surface area contributed by atoms with E-state index in [0.717, 1.165) is 37.0 Å². The summed E-state index contributed by atoms with van der Waals surface area (Å²) in [5, 5.41) is 5.70. The number of hydrogen-bond donors (Lipinski definition) is 2. The van der Waals surface area contributed by atoms with Crippen LogP contribution in [0.5, 0.6) is 0 Å². The topological polar surface area (TPSA) is 84.5 Å². The van der Waals surface area contributed by atoms with Gasteiger partial charge in [-0.2, -0.15) is 0 Å². The minimum Gasteiger partial charge on any atom is -0.454 e. The van der Waals surface area contributed by atoms with E-state index in [9.17, 15) is 14.4 Å². The molecule has 5 rings (SSSR count). The third kappa shape index (κ3) is 5.13. The molecule has 2 amide bonds. The minimum atomic E-state index is -0.546. The van der Waals surface area contributed by atoms with E-state index in [1.54, 1.807) is 0 Å². The fourth-order valence-electron chi connectivity index (χ4n) is 7.06. The van der Waals surface area contributed by atoms with Crippen molar-refractivity contribution < 1.29 is 19.1 Å². The van der Waals surface area contributed by atoms with Crippen LogP contribution in [0.15, 0.2) is 0 Å². The third-order valence-corrected chi connectivity index (χ3v) is 7.95. The molecule has 29 heavy (non-hydrogen) atoms. The highest BCUT2D eigenvalue weighted by molar-refractivity contribution is 5.84. The summed E-state index contributed by atoms with van der Waals surface area (Å²) in [6, 6.07) is 0.176. The molecule has 5 aliphatic carbocycles. The van der Waals surface area contributed by atoms with Crippen LogP contribution in [0.25, 0.3) is 0 Å². The Hall–Kier alpha value is -1.59. The Bertz CT molecular complexity index is 612. The van der Waals surface area contributed by atoms with E-state index in [0.29, 0.717) is 12.3 Å². The van der Waals surface area contributed by atoms with E-state index in [-0.39, 0.29) is 36.4 Å². The summed E-state index contributed by atoms with van der Waals surface area (Å²) in [6.45, 7) is 1.72. The summed E-state index contributed by atoms with van der Waals surface area (Å²) in [5.74, 6) is 2.04. The molecule has 0 aromatic carbocycles. The predicted octanol–water partition coefficient (Wildman–Crippen LogP) is 2.95. The van der Waals surface area contributed by atoms with Crippen LogP contribution in [0.1, 0.15) is 77.6 Å². The number of rotatable bonds is 7. The summed E-state index contributed by atoms with van der Waals surface area (Å²) in [6.07, 6.45) is 12.6. The van der Waals surface area contributed by atoms with Gasteiger partial charge in [0.25, 0.3) is 5.91 Å². The van der Waals surface area contributed by atoms with Gasteiger partial charge in [0.2, 0.25) is 5.91 Å². The molecule has 5 saturated carbocycles. The molecule has 4 bridgehead atoms. The van der Waals surface area contributed by atoms with Crippen molar-refractivity contribution in [2.45, 2.75) is 83.6 Å². The fraction of sp³-hybridized carbons (Fsp3) is 0.870. The van der Waals surface area contributed by atoms with Crippen LogP contribution in [0, 0.1) is 29.1 Å². The molecule has 0 spiro atoms. The smallest absolute Gasteiger partial charge is 0.325 e. The molecule has 0 aromatic heterocycles. The number of carbonyl (C=O) groups excluding carboxylic acids is 3. The summed E-state index contributed by atoms with van der Waals surface area (Å²) >= 11 is 0. The van der Waals surface area contributed by atoms with Crippen molar-refractivity contribution >= 4 is 17.8 Å². The molecule has 0 aromatic rings. The molecule has 0 radical (unpaired) electrons. The molecule has 5 fully saturated rings. The molecule has 6 heteroatoms. The molecule has 6 nitrogen and oxygen atoms in total. The average Bonchev–Trinajstić information content (AvgIpc) is 2.65. The molecule has 5 aliphatic rings. The van der Waals surface area contributed by atoms with Crippen LogP contribution in [-0.4, -0.2) is 37.0 Å². The second-order valence-electron chi connectivity index (χ2n) is 10.5. The van der Waals surface area contributed by atoms with E-state index in [1.807, 2.05) is 0 Å². The van der Waals surface area contributed by atoms with Crippen molar-refractivity contribution in [3.63, 3.8) is 0 Å². The number of hydrogen-bond acceptors (Lipinski definition) is 4. The van der Waals surface area contributed by atoms with Gasteiger partial charge in [-0.25, -0.2) is 0 Å². The molecule has 0 unspecified atom stereocenters. The van der Waals surface area contributed by atoms with Gasteiger partial charge in [-0.3, -0.25) is 14.4 Å². The first-order chi connectivity index (χ1) is 13.9. The summed E-state index contributed by atoms with van der Waals surface area (Å²) < 4.78 is 5.06. The molecular formula is C23H36N2O4. The van der Waals surface area contributed by atoms with Crippen molar-refractivity contribution in [3.8, 4) is 0 Å². The van der Waals surface area contributed by atoms with Crippen molar-refractivity contribution in [1.29, 1.82) is 0 Å². The number of esters is 1. The number of amides is 2. The predicted molar refractivity (Wildman–Crippen MR) is 109 cm³/mol. The Morgan fingerprint density at radius 3 is 2.17 bits per heavy atom. The highest BCUT2D eigenvalue weighted by atomic mass is 16.5. The van der Waals surface area contributed by atoms with E-state index < -0.39 is 5.97 Å². The van der Waals surface area contributed by atoms with Gasteiger partial charge in [0.15, 0.2) is 6.61 Å². The highest BCUT2D eigenvalue weighted by Crippen LogP contribution is 2.61. The monoisotopic (exact) mass is 404 g/mol. The molecule has 0 saturated heterocycles. The van der Waals surface area contributed by atoms with Crippen molar-refractivity contribution in [1.82, 2.24) is 10.6 Å². The number of carbonyl (C=O) groups is 3. The second-order valence-corrected chi connectivity index (χ2v) is 10.5. The minimum absolute atomic E-state index is 0.0515. The van der Waals surface area contributed by atoms with Gasteiger partial charge in [-0.15, -0.1) is 0 Å². The Kier molecular flexibility index (Phi) is 6.16. The first kappa shape index (κ1) is 20.7. The number of nitrogens with one attached hydrogen (secondary N) is 2. The summed E-state index contributed by atoms with van der Waals surface area (Å²) in [4.78, 5) is 36.5. The lowest BCUT2D eigenvalue weighted by Crippen LogP contribution is -2.48. The van der Waals surface area contributed by atoms with Gasteiger partial charge >= 0.3 is 5.97 Å². The van der Waals surface area contributed by atoms with Gasteiger partial charge in [-0.05, 0) is 80.5 Å². The average molecular weight is 405 g/mol. The summed E-state index contributed by atoms with van der Waals surface area (Å²) in [5.41, 5.74) is 0.166. The first-order valence-electron chi connectivity index (χ1n) is 11.6. The Labute approximate surface area is 173 Å². The van der Waals surface area contributed by atoms with Gasteiger partial charge in [-0.1, -0.05) is 19.8 Å². The van der Waals surface area contributed by atoms with Gasteiger partial charge in [0.1, 0.15) is 6.54 Å². The van der Waals surface area contributed by atoms with Crippen LogP contribution in [0.3, 0.4) is 0 Å². The zero-order valence-corrected chi connectivity index (χ0v) is 17.7. The van der Waals surface area contributed by atoms with Crippen LogP contribution >= 0.6 is 0 Å². The maximum atomic E-state index is 12.5. The lowest BCUT2D eigenvalue weighted by Gasteiger charge is -2.56. The van der Waals surface area contributed by atoms with Gasteiger partial charge in [0, 0.05) is 12.5 Å². The molecule has 0 heterocycles. The zero-order valence-electron chi connectivity index (χ0n) is 17.7. The molecule has 162 valence electrons. The lowest BCUT2D eigenvalue weighted by atomic mass is 9.49. The molecule has 2 atom stereocenters. The largest absolute Gasteiger partial charge is 0.454 e. The van der Waals surface area contributed by atoms with Crippen LogP contribution in [-0.2, 0) is 19.1 Å². The second kappa shape index (κ2) is 8.65. The summed E-state index contributed by atoms with van der Waals surface area (Å²) in [7, 11) is 0. The SMILES string of the molecule is C[C@H]1CCCC[C@H]1NC(=O)COC(=O)CNC(=O)CC12CC3CC(CC(C3)C1)C2. The Morgan fingerprint density at radius 1 is 0.931 bits per heavy atom. The quantitative estimate of drug-likeness (QED) is 0.639. The van der Waals surface area contributed by atoms with E-state index in [4.69, 9.17) is 4.74 Å². The van der Waals surface area contributed by atoms with Crippen molar-refractivity contribution in [3.05, 3.63) is 0 Å². The zero-order chi connectivity index (χ0) is 20.4. The van der Waals surface area contributed by atoms with Crippen LogP contribution < -0.4 is 10.6 Å². The third-order valence-electron chi connectivity index (χ3n) is 7.95. The van der Waals surface area contributed by atoms with E-state index in [2.05, 4.69) is 17.6 Å². The molecular weight excluding hydrogens is 368 g/mol. The van der Waals surface area contributed by atoms with Crippen LogP contribution in [0.4, 0.5) is 0 Å². The van der Waals surface area contributed by atoms with E-state index >= 15 is 0 Å². The maximum absolute atomic E-state index is 12.5. The standard InChI is InChI=1S/C23H36N2O4/c1-15-4-2-3-5-19(15)25-21(27)14-29-22(28)13-24-20(26)12-23-9-16-6-17(10-23)8-18(7-16)11-23/h15-19H,2-14H2,1H3,(H,24,26)(H,25,27)/t15-,16?,17?,18?,19+,23?/m0/s1. The Balaban J connectivity index is 1.14. The molecule has 0 aliphatic heterocycles. The van der Waals surface area contributed by atoms with Crippen molar-refractivity contribution in [2.24, 2.45) is 29.1 Å². The number of ether oxygens (including phenoxy) is 1. The van der Waals surface area contributed by atoms with Gasteiger partial charge in [0.05, 0.1) is 0 Å². The maximum Gasteiger partial charge on any atom is 0.325 e. The molecule has 2 N–H and O–H groups in total. The Morgan fingerprint density at radius 2 is 1.55 bits per heavy atom. The fourth-order valence-corrected chi connectivity index (χ4v) is 7.06. The van der Waals surface area contributed by atoms with E-state index in [1.165, 1.54) is 44.9 Å².